The van der Waals surface area contributed by atoms with E-state index in [0.717, 1.165) is 26.0 Å². The van der Waals surface area contributed by atoms with Crippen LogP contribution in [0.3, 0.4) is 0 Å². The fraction of sp³-hybridized carbons (Fsp3) is 0.812. The van der Waals surface area contributed by atoms with E-state index in [0.29, 0.717) is 19.6 Å². The van der Waals surface area contributed by atoms with Crippen LogP contribution in [0.1, 0.15) is 129 Å². The first kappa shape index (κ1) is 33.6. The van der Waals surface area contributed by atoms with Crippen LogP contribution in [0, 0.1) is 0 Å². The smallest absolute Gasteiger partial charge is 0.306 e. The summed E-state index contributed by atoms with van der Waals surface area (Å²) in [6, 6.07) is 5.97. The van der Waals surface area contributed by atoms with Gasteiger partial charge in [0, 0.05) is 31.8 Å². The molecule has 0 radical (unpaired) electrons. The summed E-state index contributed by atoms with van der Waals surface area (Å²) in [4.78, 5) is 12.1. The van der Waals surface area contributed by atoms with Gasteiger partial charge in [0.05, 0.1) is 13.0 Å². The standard InChI is InChI=1S/C32H58NO4/c1-3-5-6-7-8-9-10-11-12-13-14-15-16-17-18-22-28-35-29-31(36-4-2)30-37-32(34)24-23-27-33-25-20-19-21-26-33/h19-21,25-26,31H,3-18,22-24,27-30H2,1-2H3/q+1. The molecule has 1 rings (SSSR count). The third-order valence-electron chi connectivity index (χ3n) is 6.85. The predicted octanol–water partition coefficient (Wildman–Crippen LogP) is 7.98. The van der Waals surface area contributed by atoms with Crippen molar-refractivity contribution in [2.75, 3.05) is 26.4 Å². The van der Waals surface area contributed by atoms with Crippen molar-refractivity contribution >= 4 is 5.97 Å². The first-order valence-electron chi connectivity index (χ1n) is 15.5. The minimum Gasteiger partial charge on any atom is -0.463 e. The van der Waals surface area contributed by atoms with Gasteiger partial charge in [-0.15, -0.1) is 0 Å². The number of aromatic nitrogens is 1. The van der Waals surface area contributed by atoms with Crippen molar-refractivity contribution in [2.24, 2.45) is 0 Å². The summed E-state index contributed by atoms with van der Waals surface area (Å²) in [7, 11) is 0. The fourth-order valence-corrected chi connectivity index (χ4v) is 4.59. The van der Waals surface area contributed by atoms with E-state index in [1.54, 1.807) is 0 Å². The van der Waals surface area contributed by atoms with Gasteiger partial charge >= 0.3 is 5.97 Å². The van der Waals surface area contributed by atoms with E-state index in [-0.39, 0.29) is 18.7 Å². The molecule has 0 fully saturated rings. The van der Waals surface area contributed by atoms with Gasteiger partial charge in [-0.05, 0) is 13.3 Å². The largest absolute Gasteiger partial charge is 0.463 e. The lowest BCUT2D eigenvalue weighted by Gasteiger charge is -2.17. The summed E-state index contributed by atoms with van der Waals surface area (Å²) in [6.07, 6.45) is 27.0. The summed E-state index contributed by atoms with van der Waals surface area (Å²) >= 11 is 0. The van der Waals surface area contributed by atoms with E-state index in [1.165, 1.54) is 96.3 Å². The first-order chi connectivity index (χ1) is 18.3. The number of esters is 1. The van der Waals surface area contributed by atoms with Crippen LogP contribution in [0.15, 0.2) is 30.6 Å². The fourth-order valence-electron chi connectivity index (χ4n) is 4.59. The average Bonchev–Trinajstić information content (AvgIpc) is 2.91. The number of hydrogen-bond acceptors (Lipinski definition) is 4. The van der Waals surface area contributed by atoms with Crippen LogP contribution in [-0.4, -0.2) is 38.5 Å². The van der Waals surface area contributed by atoms with Crippen LogP contribution in [0.2, 0.25) is 0 Å². The second kappa shape index (κ2) is 26.2. The number of pyridine rings is 1. The van der Waals surface area contributed by atoms with Gasteiger partial charge in [0.2, 0.25) is 0 Å². The zero-order valence-electron chi connectivity index (χ0n) is 24.3. The number of ether oxygens (including phenoxy) is 3. The van der Waals surface area contributed by atoms with Gasteiger partial charge < -0.3 is 14.2 Å². The lowest BCUT2D eigenvalue weighted by atomic mass is 10.0. The minimum absolute atomic E-state index is 0.168. The van der Waals surface area contributed by atoms with Crippen molar-refractivity contribution in [1.82, 2.24) is 0 Å². The molecule has 0 saturated carbocycles. The first-order valence-corrected chi connectivity index (χ1v) is 15.5. The average molecular weight is 521 g/mol. The van der Waals surface area contributed by atoms with Crippen LogP contribution >= 0.6 is 0 Å². The highest BCUT2D eigenvalue weighted by Crippen LogP contribution is 2.13. The SMILES string of the molecule is CCCCCCCCCCCCCCCCCCOCC(COC(=O)CCC[n+]1ccccc1)OCC. The lowest BCUT2D eigenvalue weighted by molar-refractivity contribution is -0.697. The van der Waals surface area contributed by atoms with Crippen molar-refractivity contribution in [3.8, 4) is 0 Å². The van der Waals surface area contributed by atoms with Gasteiger partial charge in [-0.3, -0.25) is 4.79 Å². The Balaban J connectivity index is 1.88. The molecule has 0 aliphatic carbocycles. The Hall–Kier alpha value is -1.46. The number of hydrogen-bond donors (Lipinski definition) is 0. The molecule has 1 unspecified atom stereocenters. The maximum atomic E-state index is 12.1. The molecule has 0 saturated heterocycles. The monoisotopic (exact) mass is 520 g/mol. The van der Waals surface area contributed by atoms with E-state index in [1.807, 2.05) is 37.5 Å². The zero-order valence-corrected chi connectivity index (χ0v) is 24.3. The summed E-state index contributed by atoms with van der Waals surface area (Å²) < 4.78 is 19.0. The molecule has 0 aliphatic heterocycles. The Morgan fingerprint density at radius 2 is 1.22 bits per heavy atom. The number of carbonyl (C=O) groups excluding carboxylic acids is 1. The number of nitrogens with zero attached hydrogens (tertiary/aromatic N) is 1. The third-order valence-corrected chi connectivity index (χ3v) is 6.85. The molecule has 1 atom stereocenters. The molecule has 5 nitrogen and oxygen atoms in total. The molecule has 214 valence electrons. The highest BCUT2D eigenvalue weighted by molar-refractivity contribution is 5.69. The molecule has 0 bridgehead atoms. The normalized spacial score (nSPS) is 12.1. The van der Waals surface area contributed by atoms with Crippen LogP contribution in [0.25, 0.3) is 0 Å². The van der Waals surface area contributed by atoms with Crippen LogP contribution in [-0.2, 0) is 25.5 Å². The van der Waals surface area contributed by atoms with E-state index in [2.05, 4.69) is 11.5 Å². The molecule has 1 aromatic heterocycles. The van der Waals surface area contributed by atoms with E-state index in [4.69, 9.17) is 14.2 Å². The van der Waals surface area contributed by atoms with Crippen LogP contribution < -0.4 is 4.57 Å². The molecule has 37 heavy (non-hydrogen) atoms. The number of unbranched alkanes of at least 4 members (excludes halogenated alkanes) is 15. The quantitative estimate of drug-likeness (QED) is 0.0670. The maximum absolute atomic E-state index is 12.1. The highest BCUT2D eigenvalue weighted by Gasteiger charge is 2.13. The molecule has 0 aliphatic rings. The number of carbonyl (C=O) groups is 1. The summed E-state index contributed by atoms with van der Waals surface area (Å²) in [6.45, 7) is 7.16. The molecule has 0 amide bonds. The third kappa shape index (κ3) is 22.3. The zero-order chi connectivity index (χ0) is 26.7. The Morgan fingerprint density at radius 1 is 0.676 bits per heavy atom. The minimum atomic E-state index is -0.182. The summed E-state index contributed by atoms with van der Waals surface area (Å²) in [5.41, 5.74) is 0. The highest BCUT2D eigenvalue weighted by atomic mass is 16.6. The number of rotatable bonds is 27. The van der Waals surface area contributed by atoms with Gasteiger partial charge in [-0.2, -0.15) is 0 Å². The molecule has 5 heteroatoms. The van der Waals surface area contributed by atoms with Crippen molar-refractivity contribution < 1.29 is 23.6 Å². The number of aryl methyl sites for hydroxylation is 1. The molecule has 1 heterocycles. The molecule has 0 N–H and O–H groups in total. The Bertz CT molecular complexity index is 610. The second-order valence-corrected chi connectivity index (χ2v) is 10.4. The van der Waals surface area contributed by atoms with Gasteiger partial charge in [0.25, 0.3) is 0 Å². The Morgan fingerprint density at radius 3 is 1.76 bits per heavy atom. The van der Waals surface area contributed by atoms with E-state index < -0.39 is 0 Å². The molecule has 0 aromatic carbocycles. The summed E-state index contributed by atoms with van der Waals surface area (Å²) in [5, 5.41) is 0. The van der Waals surface area contributed by atoms with Crippen molar-refractivity contribution in [2.45, 2.75) is 142 Å². The molecular formula is C32H58NO4+. The molecular weight excluding hydrogens is 462 g/mol. The van der Waals surface area contributed by atoms with Crippen molar-refractivity contribution in [3.05, 3.63) is 30.6 Å². The van der Waals surface area contributed by atoms with E-state index in [9.17, 15) is 4.79 Å². The second-order valence-electron chi connectivity index (χ2n) is 10.4. The maximum Gasteiger partial charge on any atom is 0.306 e. The van der Waals surface area contributed by atoms with Crippen molar-refractivity contribution in [3.63, 3.8) is 0 Å². The molecule has 1 aromatic rings. The predicted molar refractivity (Wildman–Crippen MR) is 153 cm³/mol. The molecule has 0 spiro atoms. The topological polar surface area (TPSA) is 48.6 Å². The van der Waals surface area contributed by atoms with Crippen LogP contribution in [0.4, 0.5) is 0 Å². The summed E-state index contributed by atoms with van der Waals surface area (Å²) in [5.74, 6) is -0.168. The van der Waals surface area contributed by atoms with Gasteiger partial charge in [-0.25, -0.2) is 4.57 Å². The van der Waals surface area contributed by atoms with Gasteiger partial charge in [0.15, 0.2) is 12.4 Å². The van der Waals surface area contributed by atoms with E-state index >= 15 is 0 Å². The van der Waals surface area contributed by atoms with Gasteiger partial charge in [0.1, 0.15) is 19.3 Å². The lowest BCUT2D eigenvalue weighted by Crippen LogP contribution is -2.32. The Kier molecular flexibility index (Phi) is 23.7. The van der Waals surface area contributed by atoms with Crippen LogP contribution in [0.5, 0.6) is 0 Å². The Labute approximate surface area is 228 Å². The van der Waals surface area contributed by atoms with Crippen molar-refractivity contribution in [1.29, 1.82) is 0 Å². The van der Waals surface area contributed by atoms with Gasteiger partial charge in [-0.1, -0.05) is 109 Å².